The van der Waals surface area contributed by atoms with Crippen molar-refractivity contribution in [2.45, 2.75) is 51.0 Å². The summed E-state index contributed by atoms with van der Waals surface area (Å²) < 4.78 is 0. The minimum Gasteiger partial charge on any atom is -0.391 e. The van der Waals surface area contributed by atoms with E-state index in [-0.39, 0.29) is 24.3 Å². The van der Waals surface area contributed by atoms with Crippen molar-refractivity contribution in [2.75, 3.05) is 22.9 Å². The summed E-state index contributed by atoms with van der Waals surface area (Å²) in [7, 11) is 0. The molecule has 2 aliphatic heterocycles. The van der Waals surface area contributed by atoms with E-state index in [0.717, 1.165) is 6.42 Å². The fraction of sp³-hybridized carbons (Fsp3) is 0.714. The maximum atomic E-state index is 9.81. The number of aromatic nitrogens is 2. The van der Waals surface area contributed by atoms with Crippen LogP contribution in [-0.2, 0) is 0 Å². The fourth-order valence-electron chi connectivity index (χ4n) is 3.27. The zero-order valence-electron chi connectivity index (χ0n) is 12.3. The van der Waals surface area contributed by atoms with E-state index in [1.807, 2.05) is 9.80 Å². The van der Waals surface area contributed by atoms with Crippen LogP contribution in [0.15, 0.2) is 6.20 Å². The molecule has 0 amide bonds. The van der Waals surface area contributed by atoms with Gasteiger partial charge in [-0.15, -0.1) is 0 Å². The second kappa shape index (κ2) is 5.59. The molecule has 3 heterocycles. The van der Waals surface area contributed by atoms with Gasteiger partial charge in [0.05, 0.1) is 18.4 Å². The summed E-state index contributed by atoms with van der Waals surface area (Å²) in [5.41, 5.74) is 0. The number of nitrogens with zero attached hydrogens (tertiary/aromatic N) is 4. The van der Waals surface area contributed by atoms with Crippen molar-refractivity contribution in [3.63, 3.8) is 0 Å². The molecule has 0 radical (unpaired) electrons. The summed E-state index contributed by atoms with van der Waals surface area (Å²) in [5.74, 6) is 1.26. The van der Waals surface area contributed by atoms with Crippen LogP contribution < -0.4 is 9.80 Å². The molecule has 2 saturated heterocycles. The van der Waals surface area contributed by atoms with Crippen molar-refractivity contribution in [3.8, 4) is 0 Å². The Hall–Kier alpha value is -1.11. The van der Waals surface area contributed by atoms with E-state index in [0.29, 0.717) is 36.3 Å². The Bertz CT molecular complexity index is 530. The third-order valence-electron chi connectivity index (χ3n) is 4.35. The number of halogens is 1. The SMILES string of the molecule is CC1CC(O)CN1c1ncc(Cl)c(N2CC(O)CC2C)n1. The molecule has 6 nitrogen and oxygen atoms in total. The van der Waals surface area contributed by atoms with Gasteiger partial charge in [-0.1, -0.05) is 11.6 Å². The lowest BCUT2D eigenvalue weighted by Crippen LogP contribution is -2.32. The first kappa shape index (κ1) is 14.8. The predicted octanol–water partition coefficient (Wildman–Crippen LogP) is 1.05. The first-order valence-corrected chi connectivity index (χ1v) is 7.75. The smallest absolute Gasteiger partial charge is 0.227 e. The lowest BCUT2D eigenvalue weighted by molar-refractivity contribution is 0.194. The van der Waals surface area contributed by atoms with E-state index in [9.17, 15) is 10.2 Å². The molecule has 7 heteroatoms. The van der Waals surface area contributed by atoms with Gasteiger partial charge in [0.1, 0.15) is 5.02 Å². The molecule has 3 rings (SSSR count). The second-order valence-corrected chi connectivity index (χ2v) is 6.53. The highest BCUT2D eigenvalue weighted by Crippen LogP contribution is 2.32. The Labute approximate surface area is 129 Å². The number of aliphatic hydroxyl groups excluding tert-OH is 2. The van der Waals surface area contributed by atoms with Gasteiger partial charge >= 0.3 is 0 Å². The molecule has 2 fully saturated rings. The highest BCUT2D eigenvalue weighted by atomic mass is 35.5. The largest absolute Gasteiger partial charge is 0.391 e. The molecule has 2 aliphatic rings. The summed E-state index contributed by atoms with van der Waals surface area (Å²) >= 11 is 6.24. The monoisotopic (exact) mass is 312 g/mol. The van der Waals surface area contributed by atoms with Gasteiger partial charge in [-0.3, -0.25) is 0 Å². The summed E-state index contributed by atoms with van der Waals surface area (Å²) in [4.78, 5) is 12.9. The number of hydrogen-bond acceptors (Lipinski definition) is 6. The van der Waals surface area contributed by atoms with Crippen LogP contribution in [0.2, 0.25) is 5.02 Å². The van der Waals surface area contributed by atoms with Gasteiger partial charge in [0.25, 0.3) is 0 Å². The van der Waals surface area contributed by atoms with E-state index < -0.39 is 0 Å². The van der Waals surface area contributed by atoms with Crippen molar-refractivity contribution in [2.24, 2.45) is 0 Å². The van der Waals surface area contributed by atoms with Gasteiger partial charge in [-0.05, 0) is 26.7 Å². The minimum atomic E-state index is -0.345. The number of hydrogen-bond donors (Lipinski definition) is 2. The zero-order chi connectivity index (χ0) is 15.1. The van der Waals surface area contributed by atoms with Crippen molar-refractivity contribution in [1.82, 2.24) is 9.97 Å². The molecule has 0 aromatic carbocycles. The Kier molecular flexibility index (Phi) is 3.94. The quantitative estimate of drug-likeness (QED) is 0.850. The van der Waals surface area contributed by atoms with Crippen LogP contribution in [0.3, 0.4) is 0 Å². The Morgan fingerprint density at radius 3 is 2.19 bits per heavy atom. The molecule has 1 aromatic heterocycles. The van der Waals surface area contributed by atoms with E-state index >= 15 is 0 Å². The van der Waals surface area contributed by atoms with Crippen LogP contribution in [0, 0.1) is 0 Å². The molecular weight excluding hydrogens is 292 g/mol. The van der Waals surface area contributed by atoms with Gasteiger partial charge in [-0.25, -0.2) is 4.98 Å². The third-order valence-corrected chi connectivity index (χ3v) is 4.61. The molecule has 0 saturated carbocycles. The second-order valence-electron chi connectivity index (χ2n) is 6.12. The number of anilines is 2. The topological polar surface area (TPSA) is 72.7 Å². The molecule has 2 N–H and O–H groups in total. The minimum absolute atomic E-state index is 0.196. The number of β-amino-alcohol motifs (C(OH)–C–C–N with tert-alkyl or cyclic N) is 2. The highest BCUT2D eigenvalue weighted by Gasteiger charge is 2.33. The lowest BCUT2D eigenvalue weighted by atomic mass is 10.2. The van der Waals surface area contributed by atoms with Crippen molar-refractivity contribution in [3.05, 3.63) is 11.2 Å². The molecule has 21 heavy (non-hydrogen) atoms. The zero-order valence-corrected chi connectivity index (χ0v) is 13.0. The van der Waals surface area contributed by atoms with Gasteiger partial charge in [-0.2, -0.15) is 4.98 Å². The van der Waals surface area contributed by atoms with E-state index in [2.05, 4.69) is 23.8 Å². The summed E-state index contributed by atoms with van der Waals surface area (Å²) in [6, 6.07) is 0.400. The van der Waals surface area contributed by atoms with Crippen molar-refractivity contribution < 1.29 is 10.2 Å². The Morgan fingerprint density at radius 1 is 1.10 bits per heavy atom. The van der Waals surface area contributed by atoms with Crippen LogP contribution in [0.5, 0.6) is 0 Å². The molecule has 0 bridgehead atoms. The predicted molar refractivity (Wildman–Crippen MR) is 81.9 cm³/mol. The van der Waals surface area contributed by atoms with Crippen LogP contribution in [0.4, 0.5) is 11.8 Å². The average Bonchev–Trinajstić information content (AvgIpc) is 2.92. The molecular formula is C14H21ClN4O2. The summed E-state index contributed by atoms with van der Waals surface area (Å²) in [6.07, 6.45) is 2.36. The molecule has 116 valence electrons. The molecule has 0 aliphatic carbocycles. The molecule has 1 aromatic rings. The number of rotatable bonds is 2. The number of aliphatic hydroxyl groups is 2. The fourth-order valence-corrected chi connectivity index (χ4v) is 3.47. The average molecular weight is 313 g/mol. The van der Waals surface area contributed by atoms with Gasteiger partial charge in [0.15, 0.2) is 5.82 Å². The third kappa shape index (κ3) is 2.80. The van der Waals surface area contributed by atoms with Crippen LogP contribution in [0.1, 0.15) is 26.7 Å². The molecule has 4 atom stereocenters. The highest BCUT2D eigenvalue weighted by molar-refractivity contribution is 6.32. The first-order valence-electron chi connectivity index (χ1n) is 7.37. The van der Waals surface area contributed by atoms with Gasteiger partial charge in [0, 0.05) is 25.2 Å². The molecule has 0 spiro atoms. The summed E-state index contributed by atoms with van der Waals surface area (Å²) in [5, 5.41) is 20.1. The van der Waals surface area contributed by atoms with Gasteiger partial charge < -0.3 is 20.0 Å². The maximum absolute atomic E-state index is 9.81. The van der Waals surface area contributed by atoms with E-state index in [4.69, 9.17) is 11.6 Å². The van der Waals surface area contributed by atoms with E-state index in [1.54, 1.807) is 6.20 Å². The van der Waals surface area contributed by atoms with Crippen molar-refractivity contribution >= 4 is 23.4 Å². The maximum Gasteiger partial charge on any atom is 0.227 e. The molecule has 4 unspecified atom stereocenters. The Balaban J connectivity index is 1.90. The Morgan fingerprint density at radius 2 is 1.67 bits per heavy atom. The van der Waals surface area contributed by atoms with Gasteiger partial charge in [0.2, 0.25) is 5.95 Å². The van der Waals surface area contributed by atoms with Crippen LogP contribution >= 0.6 is 11.6 Å². The van der Waals surface area contributed by atoms with E-state index in [1.165, 1.54) is 0 Å². The van der Waals surface area contributed by atoms with Crippen LogP contribution in [-0.4, -0.2) is 57.6 Å². The summed E-state index contributed by atoms with van der Waals surface area (Å²) in [6.45, 7) is 5.18. The first-order chi connectivity index (χ1) is 9.95. The normalized spacial score (nSPS) is 33.0. The van der Waals surface area contributed by atoms with Crippen LogP contribution in [0.25, 0.3) is 0 Å². The lowest BCUT2D eigenvalue weighted by Gasteiger charge is -2.26. The standard InChI is InChI=1S/C14H21ClN4O2/c1-8-3-10(20)6-18(8)13-12(15)5-16-14(17-13)19-7-11(21)4-9(19)2/h5,8-11,20-21H,3-4,6-7H2,1-2H3. The van der Waals surface area contributed by atoms with Crippen molar-refractivity contribution in [1.29, 1.82) is 0 Å².